The van der Waals surface area contributed by atoms with E-state index in [1.807, 2.05) is 31.2 Å². The molecule has 1 amide bonds. The van der Waals surface area contributed by atoms with Gasteiger partial charge in [-0.15, -0.1) is 0 Å². The minimum Gasteiger partial charge on any atom is -0.507 e. The average Bonchev–Trinajstić information content (AvgIpc) is 3.44. The molecule has 1 atom stereocenters. The van der Waals surface area contributed by atoms with Crippen molar-refractivity contribution in [1.29, 1.82) is 0 Å². The monoisotopic (exact) mass is 519 g/mol. The summed E-state index contributed by atoms with van der Waals surface area (Å²) in [7, 11) is 1.62. The maximum absolute atomic E-state index is 13.6. The van der Waals surface area contributed by atoms with Crippen LogP contribution in [-0.2, 0) is 6.42 Å². The van der Waals surface area contributed by atoms with Crippen LogP contribution in [0.25, 0.3) is 11.3 Å². The van der Waals surface area contributed by atoms with Crippen molar-refractivity contribution in [3.63, 3.8) is 0 Å². The molecule has 1 aliphatic rings. The van der Waals surface area contributed by atoms with Gasteiger partial charge in [-0.05, 0) is 66.9 Å². The summed E-state index contributed by atoms with van der Waals surface area (Å²) in [5.41, 5.74) is 3.63. The van der Waals surface area contributed by atoms with Gasteiger partial charge in [0, 0.05) is 22.7 Å². The molecule has 9 heteroatoms. The second kappa shape index (κ2) is 10.1. The number of carbonyl (C=O) groups excluding carboxylic acids is 1. The number of hydrogen-bond acceptors (Lipinski definition) is 6. The number of fused-ring (bicyclic) bond motifs is 1. The Balaban J connectivity index is 1.59. The number of hydrogen-bond donors (Lipinski definition) is 3. The van der Waals surface area contributed by atoms with Crippen LogP contribution in [0.2, 0.25) is 5.02 Å². The van der Waals surface area contributed by atoms with E-state index in [1.54, 1.807) is 42.3 Å². The molecule has 0 radical (unpaired) electrons. The molecular formula is C28H26ClN3O5. The quantitative estimate of drug-likeness (QED) is 0.290. The lowest BCUT2D eigenvalue weighted by molar-refractivity contribution is 0.0745. The number of aromatic nitrogens is 2. The van der Waals surface area contributed by atoms with E-state index in [0.717, 1.165) is 16.9 Å². The zero-order valence-corrected chi connectivity index (χ0v) is 21.1. The second-order valence-electron chi connectivity index (χ2n) is 8.68. The highest BCUT2D eigenvalue weighted by atomic mass is 35.5. The lowest BCUT2D eigenvalue weighted by Crippen LogP contribution is -2.31. The van der Waals surface area contributed by atoms with Crippen molar-refractivity contribution in [1.82, 2.24) is 15.1 Å². The zero-order chi connectivity index (χ0) is 26.1. The van der Waals surface area contributed by atoms with Crippen LogP contribution in [0.5, 0.6) is 23.0 Å². The number of H-pyrrole nitrogens is 1. The number of halogens is 1. The number of carbonyl (C=O) groups is 1. The minimum atomic E-state index is -0.535. The Kier molecular flexibility index (Phi) is 6.67. The fraction of sp³-hybridized carbons (Fsp3) is 0.214. The summed E-state index contributed by atoms with van der Waals surface area (Å²) < 4.78 is 10.9. The summed E-state index contributed by atoms with van der Waals surface area (Å²) >= 11 is 6.23. The van der Waals surface area contributed by atoms with Crippen molar-refractivity contribution >= 4 is 17.5 Å². The Labute approximate surface area is 219 Å². The molecule has 2 heterocycles. The van der Waals surface area contributed by atoms with E-state index in [1.165, 1.54) is 6.07 Å². The Bertz CT molecular complexity index is 1450. The van der Waals surface area contributed by atoms with Crippen LogP contribution < -0.4 is 9.47 Å². The fourth-order valence-corrected chi connectivity index (χ4v) is 4.86. The van der Waals surface area contributed by atoms with Gasteiger partial charge in [0.2, 0.25) is 0 Å². The molecule has 0 saturated heterocycles. The number of ether oxygens (including phenoxy) is 2. The van der Waals surface area contributed by atoms with Gasteiger partial charge in [-0.1, -0.05) is 29.8 Å². The molecule has 0 spiro atoms. The molecule has 3 aromatic carbocycles. The van der Waals surface area contributed by atoms with Gasteiger partial charge in [0.15, 0.2) is 11.5 Å². The molecule has 37 heavy (non-hydrogen) atoms. The Morgan fingerprint density at radius 3 is 2.54 bits per heavy atom. The smallest absolute Gasteiger partial charge is 0.273 e. The molecule has 1 aromatic heterocycles. The minimum absolute atomic E-state index is 0.00212. The van der Waals surface area contributed by atoms with Gasteiger partial charge in [0.1, 0.15) is 22.9 Å². The predicted molar refractivity (Wildman–Crippen MR) is 140 cm³/mol. The van der Waals surface area contributed by atoms with Gasteiger partial charge in [-0.3, -0.25) is 9.89 Å². The summed E-state index contributed by atoms with van der Waals surface area (Å²) in [6.45, 7) is 2.63. The van der Waals surface area contributed by atoms with Crippen molar-refractivity contribution in [2.75, 3.05) is 20.3 Å². The van der Waals surface area contributed by atoms with Crippen molar-refractivity contribution in [3.8, 4) is 34.3 Å². The third-order valence-electron chi connectivity index (χ3n) is 6.48. The molecule has 5 rings (SSSR count). The van der Waals surface area contributed by atoms with E-state index in [-0.39, 0.29) is 17.4 Å². The Morgan fingerprint density at radius 1 is 1.05 bits per heavy atom. The molecule has 190 valence electrons. The van der Waals surface area contributed by atoms with Crippen molar-refractivity contribution in [3.05, 3.63) is 88.1 Å². The van der Waals surface area contributed by atoms with Gasteiger partial charge in [-0.2, -0.15) is 5.10 Å². The van der Waals surface area contributed by atoms with Crippen LogP contribution in [0.3, 0.4) is 0 Å². The van der Waals surface area contributed by atoms with Gasteiger partial charge in [-0.25, -0.2) is 0 Å². The van der Waals surface area contributed by atoms with Crippen LogP contribution in [0, 0.1) is 0 Å². The highest BCUT2D eigenvalue weighted by molar-refractivity contribution is 6.31. The average molecular weight is 520 g/mol. The second-order valence-corrected chi connectivity index (χ2v) is 9.12. The zero-order valence-electron chi connectivity index (χ0n) is 20.4. The molecule has 3 N–H and O–H groups in total. The van der Waals surface area contributed by atoms with Gasteiger partial charge in [0.05, 0.1) is 19.8 Å². The molecule has 4 aromatic rings. The normalized spacial score (nSPS) is 14.6. The number of aromatic amines is 1. The molecule has 8 nitrogen and oxygen atoms in total. The number of nitrogens with one attached hydrogen (secondary N) is 1. The molecule has 0 bridgehead atoms. The number of rotatable bonds is 8. The number of amides is 1. The molecular weight excluding hydrogens is 494 g/mol. The van der Waals surface area contributed by atoms with Gasteiger partial charge < -0.3 is 24.6 Å². The third kappa shape index (κ3) is 4.56. The Hall–Kier alpha value is -4.17. The van der Waals surface area contributed by atoms with Gasteiger partial charge >= 0.3 is 0 Å². The number of methoxy groups -OCH3 is 1. The van der Waals surface area contributed by atoms with Gasteiger partial charge in [0.25, 0.3) is 5.91 Å². The topological polar surface area (TPSA) is 108 Å². The van der Waals surface area contributed by atoms with E-state index < -0.39 is 6.04 Å². The highest BCUT2D eigenvalue weighted by Gasteiger charge is 2.42. The number of phenols is 2. The first kappa shape index (κ1) is 24.5. The number of aromatic hydroxyl groups is 2. The lowest BCUT2D eigenvalue weighted by atomic mass is 9.95. The number of phenolic OH excluding ortho intramolecular Hbond substituents is 2. The Morgan fingerprint density at radius 2 is 1.81 bits per heavy atom. The number of nitrogens with zero attached hydrogens (tertiary/aromatic N) is 2. The van der Waals surface area contributed by atoms with Crippen LogP contribution in [-0.4, -0.2) is 51.5 Å². The van der Waals surface area contributed by atoms with Crippen LogP contribution in [0.4, 0.5) is 0 Å². The maximum atomic E-state index is 13.6. The molecule has 1 unspecified atom stereocenters. The van der Waals surface area contributed by atoms with E-state index >= 15 is 0 Å². The maximum Gasteiger partial charge on any atom is 0.273 e. The summed E-state index contributed by atoms with van der Waals surface area (Å²) in [5.74, 6) is 0.895. The summed E-state index contributed by atoms with van der Waals surface area (Å²) in [4.78, 5) is 15.4. The molecule has 0 saturated carbocycles. The van der Waals surface area contributed by atoms with Crippen molar-refractivity contribution in [2.24, 2.45) is 0 Å². The first-order chi connectivity index (χ1) is 17.9. The van der Waals surface area contributed by atoms with Crippen LogP contribution in [0.15, 0.2) is 60.7 Å². The van der Waals surface area contributed by atoms with E-state index in [2.05, 4.69) is 10.2 Å². The van der Waals surface area contributed by atoms with E-state index in [0.29, 0.717) is 52.9 Å². The van der Waals surface area contributed by atoms with Crippen LogP contribution in [0.1, 0.15) is 40.1 Å². The largest absolute Gasteiger partial charge is 0.507 e. The van der Waals surface area contributed by atoms with E-state index in [9.17, 15) is 15.0 Å². The van der Waals surface area contributed by atoms with E-state index in [4.69, 9.17) is 21.1 Å². The summed E-state index contributed by atoms with van der Waals surface area (Å²) in [6.07, 6.45) is 0.609. The predicted octanol–water partition coefficient (Wildman–Crippen LogP) is 5.34. The highest BCUT2D eigenvalue weighted by Crippen LogP contribution is 2.46. The number of benzene rings is 3. The van der Waals surface area contributed by atoms with Crippen molar-refractivity contribution in [2.45, 2.75) is 19.4 Å². The lowest BCUT2D eigenvalue weighted by Gasteiger charge is -2.27. The first-order valence-corrected chi connectivity index (χ1v) is 12.3. The fourth-order valence-electron chi connectivity index (χ4n) is 4.69. The molecule has 1 aliphatic heterocycles. The molecule has 0 fully saturated rings. The SMILES string of the molecule is CCOc1cc(C2c3c(-c4cc(Cl)ccc4O)n[nH]c3C(=O)N2CCc2ccc(OC)cc2)ccc1O. The van der Waals surface area contributed by atoms with Crippen LogP contribution >= 0.6 is 11.6 Å². The summed E-state index contributed by atoms with van der Waals surface area (Å²) in [5, 5.41) is 28.6. The van der Waals surface area contributed by atoms with Crippen molar-refractivity contribution < 1.29 is 24.5 Å². The molecule has 0 aliphatic carbocycles. The third-order valence-corrected chi connectivity index (χ3v) is 6.71. The first-order valence-electron chi connectivity index (χ1n) is 11.9. The summed E-state index contributed by atoms with van der Waals surface area (Å²) in [6, 6.07) is 17.0. The standard InChI is InChI=1S/C28H26ClN3O5/c1-3-37-23-14-17(6-10-22(23)34)27-24-25(20-15-18(29)7-11-21(20)33)30-31-26(24)28(35)32(27)13-12-16-4-8-19(36-2)9-5-16/h4-11,14-15,27,33-34H,3,12-13H2,1-2H3,(H,30,31).